The maximum Gasteiger partial charge on any atom is 0.335 e. The average molecular weight is 549 g/mol. The second kappa shape index (κ2) is 13.4. The Morgan fingerprint density at radius 1 is 1.12 bits per heavy atom. The SMILES string of the molecule is COCCNc1cc(C)c(N=Nc2nc(C#N)c(C#N)n2-c2ccc(C(=O)O)cc2[N+](=O)[O-])c(NCCOC)n1. The highest BCUT2D eigenvalue weighted by Crippen LogP contribution is 2.34. The summed E-state index contributed by atoms with van der Waals surface area (Å²) < 4.78 is 11.1. The number of anilines is 2. The number of carboxylic acid groups (broad SMARTS) is 1. The van der Waals surface area contributed by atoms with Gasteiger partial charge in [-0.25, -0.2) is 9.78 Å². The molecule has 3 N–H and O–H groups in total. The Balaban J connectivity index is 2.17. The maximum absolute atomic E-state index is 11.8. The number of nitrogens with zero attached hydrogens (tertiary/aromatic N) is 8. The van der Waals surface area contributed by atoms with Gasteiger partial charge in [0.15, 0.2) is 17.2 Å². The Labute approximate surface area is 227 Å². The van der Waals surface area contributed by atoms with Gasteiger partial charge in [-0.2, -0.15) is 15.5 Å². The molecule has 40 heavy (non-hydrogen) atoms. The molecule has 0 aliphatic carbocycles. The van der Waals surface area contributed by atoms with Gasteiger partial charge < -0.3 is 25.2 Å². The van der Waals surface area contributed by atoms with Crippen LogP contribution in [0.25, 0.3) is 5.69 Å². The smallest absolute Gasteiger partial charge is 0.335 e. The molecule has 2 aromatic heterocycles. The molecule has 0 bridgehead atoms. The standard InChI is InChI=1S/C24H24N10O6/c1-14-10-20(27-6-8-39-2)30-22(28-7-9-40-3)21(14)31-32-24-29-16(12-25)19(13-26)33(24)17-5-4-15(23(35)36)11-18(17)34(37)38/h4-5,10-11H,6-9H2,1-3H3,(H,35,36)(H2,27,28,30). The zero-order valence-electron chi connectivity index (χ0n) is 21.7. The molecule has 0 saturated carbocycles. The summed E-state index contributed by atoms with van der Waals surface area (Å²) in [6.45, 7) is 3.49. The van der Waals surface area contributed by atoms with Crippen molar-refractivity contribution in [2.45, 2.75) is 6.92 Å². The van der Waals surface area contributed by atoms with Crippen LogP contribution in [0.4, 0.5) is 29.0 Å². The van der Waals surface area contributed by atoms with E-state index in [1.54, 1.807) is 39.3 Å². The van der Waals surface area contributed by atoms with E-state index in [1.165, 1.54) is 0 Å². The maximum atomic E-state index is 11.8. The van der Waals surface area contributed by atoms with E-state index in [9.17, 15) is 30.5 Å². The number of nitriles is 2. The van der Waals surface area contributed by atoms with Crippen LogP contribution >= 0.6 is 0 Å². The molecule has 0 spiro atoms. The summed E-state index contributed by atoms with van der Waals surface area (Å²) in [6, 6.07) is 8.40. The van der Waals surface area contributed by atoms with Crippen molar-refractivity contribution in [2.24, 2.45) is 10.2 Å². The number of carboxylic acids is 1. The van der Waals surface area contributed by atoms with Crippen LogP contribution in [-0.2, 0) is 9.47 Å². The van der Waals surface area contributed by atoms with E-state index in [0.29, 0.717) is 49.2 Å². The number of aromatic nitrogens is 3. The van der Waals surface area contributed by atoms with Crippen molar-refractivity contribution in [3.63, 3.8) is 0 Å². The van der Waals surface area contributed by atoms with Gasteiger partial charge in [-0.3, -0.25) is 14.7 Å². The van der Waals surface area contributed by atoms with E-state index in [-0.39, 0.29) is 28.6 Å². The molecular formula is C24H24N10O6. The number of hydrogen-bond donors (Lipinski definition) is 3. The number of azo groups is 1. The number of nitrogens with one attached hydrogen (secondary N) is 2. The summed E-state index contributed by atoms with van der Waals surface area (Å²) in [5.41, 5.74) is -0.940. The zero-order valence-corrected chi connectivity index (χ0v) is 21.7. The number of imidazole rings is 1. The molecule has 3 aromatic rings. The van der Waals surface area contributed by atoms with Crippen molar-refractivity contribution in [2.75, 3.05) is 51.2 Å². The van der Waals surface area contributed by atoms with Crippen molar-refractivity contribution < 1.29 is 24.3 Å². The van der Waals surface area contributed by atoms with E-state index < -0.39 is 16.6 Å². The second-order valence-corrected chi connectivity index (χ2v) is 7.99. The number of nitro groups is 1. The van der Waals surface area contributed by atoms with Crippen LogP contribution in [0.1, 0.15) is 27.3 Å². The first-order chi connectivity index (χ1) is 19.2. The number of aromatic carboxylic acids is 1. The minimum Gasteiger partial charge on any atom is -0.478 e. The molecule has 0 aliphatic rings. The molecule has 0 radical (unpaired) electrons. The average Bonchev–Trinajstić information content (AvgIpc) is 3.29. The molecule has 0 aliphatic heterocycles. The molecular weight excluding hydrogens is 524 g/mol. The molecule has 16 heteroatoms. The highest BCUT2D eigenvalue weighted by atomic mass is 16.6. The zero-order chi connectivity index (χ0) is 29.2. The van der Waals surface area contributed by atoms with Gasteiger partial charge in [0, 0.05) is 33.4 Å². The first kappa shape index (κ1) is 29.1. The fourth-order valence-electron chi connectivity index (χ4n) is 3.53. The van der Waals surface area contributed by atoms with Gasteiger partial charge in [-0.1, -0.05) is 0 Å². The molecule has 206 valence electrons. The predicted molar refractivity (Wildman–Crippen MR) is 140 cm³/mol. The lowest BCUT2D eigenvalue weighted by atomic mass is 10.1. The number of methoxy groups -OCH3 is 2. The third-order valence-electron chi connectivity index (χ3n) is 5.37. The van der Waals surface area contributed by atoms with Gasteiger partial charge in [0.1, 0.15) is 29.3 Å². The lowest BCUT2D eigenvalue weighted by molar-refractivity contribution is -0.384. The summed E-state index contributed by atoms with van der Waals surface area (Å²) in [5, 5.41) is 55.0. The number of hydrogen-bond acceptors (Lipinski definition) is 13. The second-order valence-electron chi connectivity index (χ2n) is 7.99. The Bertz CT molecular complexity index is 1540. The molecule has 0 saturated heterocycles. The Morgan fingerprint density at radius 3 is 2.42 bits per heavy atom. The van der Waals surface area contributed by atoms with Crippen molar-refractivity contribution in [1.29, 1.82) is 10.5 Å². The van der Waals surface area contributed by atoms with Crippen LogP contribution in [0.2, 0.25) is 0 Å². The van der Waals surface area contributed by atoms with Crippen molar-refractivity contribution in [3.05, 3.63) is 56.9 Å². The van der Waals surface area contributed by atoms with Gasteiger partial charge in [0.25, 0.3) is 11.6 Å². The number of rotatable bonds is 13. The third-order valence-corrected chi connectivity index (χ3v) is 5.37. The number of nitro benzene ring substituents is 1. The Morgan fingerprint density at radius 2 is 1.82 bits per heavy atom. The molecule has 0 fully saturated rings. The van der Waals surface area contributed by atoms with Crippen LogP contribution in [0.5, 0.6) is 0 Å². The van der Waals surface area contributed by atoms with Gasteiger partial charge in [0.2, 0.25) is 0 Å². The van der Waals surface area contributed by atoms with E-state index in [2.05, 4.69) is 30.8 Å². The predicted octanol–water partition coefficient (Wildman–Crippen LogP) is 3.46. The Kier molecular flexibility index (Phi) is 9.73. The highest BCUT2D eigenvalue weighted by Gasteiger charge is 2.26. The lowest BCUT2D eigenvalue weighted by Crippen LogP contribution is -2.12. The number of carbonyl (C=O) groups is 1. The van der Waals surface area contributed by atoms with Gasteiger partial charge in [-0.15, -0.1) is 10.2 Å². The third kappa shape index (κ3) is 6.51. The normalized spacial score (nSPS) is 10.7. The van der Waals surface area contributed by atoms with Crippen molar-refractivity contribution in [1.82, 2.24) is 14.5 Å². The van der Waals surface area contributed by atoms with Crippen LogP contribution in [0, 0.1) is 39.7 Å². The summed E-state index contributed by atoms with van der Waals surface area (Å²) in [5.74, 6) is -0.807. The quantitative estimate of drug-likeness (QED) is 0.121. The number of ether oxygens (including phenoxy) is 2. The number of benzene rings is 1. The van der Waals surface area contributed by atoms with E-state index in [1.807, 2.05) is 0 Å². The summed E-state index contributed by atoms with van der Waals surface area (Å²) in [7, 11) is 3.13. The summed E-state index contributed by atoms with van der Waals surface area (Å²) in [4.78, 5) is 31.0. The summed E-state index contributed by atoms with van der Waals surface area (Å²) >= 11 is 0. The first-order valence-electron chi connectivity index (χ1n) is 11.6. The van der Waals surface area contributed by atoms with E-state index >= 15 is 0 Å². The van der Waals surface area contributed by atoms with Crippen LogP contribution in [0.15, 0.2) is 34.5 Å². The first-order valence-corrected chi connectivity index (χ1v) is 11.6. The minimum absolute atomic E-state index is 0.222. The van der Waals surface area contributed by atoms with Gasteiger partial charge >= 0.3 is 5.97 Å². The van der Waals surface area contributed by atoms with E-state index in [4.69, 9.17) is 9.47 Å². The van der Waals surface area contributed by atoms with Crippen LogP contribution in [0.3, 0.4) is 0 Å². The molecule has 1 aromatic carbocycles. The fourth-order valence-corrected chi connectivity index (χ4v) is 3.53. The largest absolute Gasteiger partial charge is 0.478 e. The molecule has 0 atom stereocenters. The molecule has 0 unspecified atom stereocenters. The Hall–Kier alpha value is -5.45. The molecule has 0 amide bonds. The monoisotopic (exact) mass is 548 g/mol. The summed E-state index contributed by atoms with van der Waals surface area (Å²) in [6.07, 6.45) is 0. The van der Waals surface area contributed by atoms with Crippen molar-refractivity contribution in [3.8, 4) is 17.8 Å². The van der Waals surface area contributed by atoms with Crippen LogP contribution in [-0.4, -0.2) is 71.1 Å². The fraction of sp³-hybridized carbons (Fsp3) is 0.292. The minimum atomic E-state index is -1.38. The highest BCUT2D eigenvalue weighted by molar-refractivity contribution is 5.89. The number of pyridine rings is 1. The molecule has 3 rings (SSSR count). The van der Waals surface area contributed by atoms with Crippen LogP contribution < -0.4 is 10.6 Å². The van der Waals surface area contributed by atoms with E-state index in [0.717, 1.165) is 22.8 Å². The van der Waals surface area contributed by atoms with Crippen molar-refractivity contribution >= 4 is 34.9 Å². The lowest BCUT2D eigenvalue weighted by Gasteiger charge is -2.13. The molecule has 2 heterocycles. The molecule has 16 nitrogen and oxygen atoms in total. The van der Waals surface area contributed by atoms with Gasteiger partial charge in [0.05, 0.1) is 23.7 Å². The van der Waals surface area contributed by atoms with Gasteiger partial charge in [-0.05, 0) is 30.7 Å². The number of aryl methyl sites for hydroxylation is 1. The topological polar surface area (TPSA) is 226 Å².